The van der Waals surface area contributed by atoms with Crippen LogP contribution in [0.3, 0.4) is 0 Å². The van der Waals surface area contributed by atoms with Gasteiger partial charge in [0.25, 0.3) is 0 Å². The Kier molecular flexibility index (Phi) is 23.6. The van der Waals surface area contributed by atoms with E-state index in [4.69, 9.17) is 9.47 Å². The number of hydrogen-bond donors (Lipinski definition) is 2. The topological polar surface area (TPSA) is 68.8 Å². The minimum Gasteiger partial charge on any atom is -0.505 e. The maximum atomic E-state index is 13.7. The molecule has 0 spiro atoms. The van der Waals surface area contributed by atoms with Crippen molar-refractivity contribution in [3.8, 4) is 56.6 Å². The summed E-state index contributed by atoms with van der Waals surface area (Å²) >= 11 is 0. The van der Waals surface area contributed by atoms with Crippen LogP contribution in [0.4, 0.5) is 0 Å². The summed E-state index contributed by atoms with van der Waals surface area (Å²) in [5, 5.41) is 32.0. The van der Waals surface area contributed by atoms with Crippen molar-refractivity contribution < 1.29 is 45.5 Å². The van der Waals surface area contributed by atoms with E-state index >= 15 is 0 Å². The molecule has 2 aromatic heterocycles. The number of fused-ring (bicyclic) bond motifs is 6. The van der Waals surface area contributed by atoms with E-state index in [1.165, 1.54) is 66.1 Å². The fraction of sp³-hybridized carbons (Fsp3) is 0.490. The van der Waals surface area contributed by atoms with Gasteiger partial charge in [-0.25, -0.2) is 0 Å². The monoisotopic (exact) mass is 1580 g/mol. The van der Waals surface area contributed by atoms with Crippen LogP contribution in [-0.4, -0.2) is 32.6 Å². The van der Waals surface area contributed by atoms with Crippen LogP contribution >= 0.6 is 0 Å². The molecule has 1 unspecified atom stereocenters. The number of phenolic OH excluding ortho intramolecular Hbond substituents is 2. The number of nitrogens with zero attached hydrogens (tertiary/aromatic N) is 2. The smallest absolute Gasteiger partial charge is 0.147 e. The SMILES string of the molecule is CC(C)(C)CC(C)(C)c1cc(-c2cc(C(C)(C)C)ccc2OCC2CCCC[C@@H]2COc2ccc(C(C)(C)C)cc2-c2cc(C(C)(C)CC(C)(C)C)cc(-n3c4cc(C(C)(C)C)ccc4c4ccc(C(C)(C)C)cc43)c2O)c(O)c(-n2c3cc(C(C)(C)C)ccc3c3ccc(C(C)(C)C)cc32)c1.[CH3-].[CH3-].[Hf]. The van der Waals surface area contributed by atoms with E-state index in [-0.39, 0.29) is 118 Å². The van der Waals surface area contributed by atoms with Gasteiger partial charge in [0.05, 0.1) is 46.7 Å². The molecule has 2 atom stereocenters. The van der Waals surface area contributed by atoms with Gasteiger partial charge in [-0.3, -0.25) is 0 Å². The van der Waals surface area contributed by atoms with Gasteiger partial charge >= 0.3 is 0 Å². The fourth-order valence-electron chi connectivity index (χ4n) is 16.8. The summed E-state index contributed by atoms with van der Waals surface area (Å²) in [6.45, 7) is 65.5. The summed E-state index contributed by atoms with van der Waals surface area (Å²) in [6.07, 6.45) is 6.10. The van der Waals surface area contributed by atoms with Crippen LogP contribution in [0.25, 0.3) is 77.2 Å². The van der Waals surface area contributed by atoms with Crippen LogP contribution < -0.4 is 9.47 Å². The maximum absolute atomic E-state index is 13.7. The number of ether oxygens (including phenoxy) is 2. The first-order valence-electron chi connectivity index (χ1n) is 38.4. The van der Waals surface area contributed by atoms with Crippen LogP contribution in [-0.2, 0) is 69.2 Å². The van der Waals surface area contributed by atoms with Gasteiger partial charge in [-0.15, -0.1) is 0 Å². The van der Waals surface area contributed by atoms with Gasteiger partial charge in [-0.2, -0.15) is 0 Å². The Balaban J connectivity index is 0.00000465. The molecule has 0 radical (unpaired) electrons. The zero-order valence-corrected chi connectivity index (χ0v) is 74.2. The van der Waals surface area contributed by atoms with Gasteiger partial charge in [0.2, 0.25) is 0 Å². The van der Waals surface area contributed by atoms with Crippen molar-refractivity contribution in [2.45, 2.75) is 276 Å². The summed E-state index contributed by atoms with van der Waals surface area (Å²) in [4.78, 5) is 0. The van der Waals surface area contributed by atoms with E-state index < -0.39 is 0 Å². The molecule has 105 heavy (non-hydrogen) atoms. The molecule has 1 saturated carbocycles. The van der Waals surface area contributed by atoms with Gasteiger partial charge in [0.1, 0.15) is 23.0 Å². The molecule has 0 aliphatic heterocycles. The fourth-order valence-corrected chi connectivity index (χ4v) is 16.8. The molecule has 6 nitrogen and oxygen atoms in total. The molecule has 0 saturated heterocycles. The van der Waals surface area contributed by atoms with Crippen molar-refractivity contribution in [3.05, 3.63) is 193 Å². The van der Waals surface area contributed by atoms with Crippen LogP contribution in [0.1, 0.15) is 277 Å². The normalized spacial score (nSPS) is 15.5. The predicted octanol–water partition coefficient (Wildman–Crippen LogP) is 28.0. The molecule has 564 valence electrons. The molecule has 1 aliphatic rings. The summed E-state index contributed by atoms with van der Waals surface area (Å²) in [6, 6.07) is 50.4. The van der Waals surface area contributed by atoms with Crippen LogP contribution in [0, 0.1) is 37.5 Å². The Bertz CT molecular complexity index is 4360. The van der Waals surface area contributed by atoms with Gasteiger partial charge < -0.3 is 43.7 Å². The second-order valence-electron chi connectivity index (χ2n) is 41.0. The molecule has 2 heterocycles. The molecule has 1 fully saturated rings. The zero-order valence-electron chi connectivity index (χ0n) is 70.6. The molecular formula is C98H132HfN2O4-2. The number of rotatable bonds is 14. The average molecular weight is 1580 g/mol. The van der Waals surface area contributed by atoms with E-state index in [0.717, 1.165) is 106 Å². The van der Waals surface area contributed by atoms with E-state index in [1.807, 2.05) is 0 Å². The Morgan fingerprint density at radius 1 is 0.314 bits per heavy atom. The number of phenols is 2. The van der Waals surface area contributed by atoms with Crippen molar-refractivity contribution in [3.63, 3.8) is 0 Å². The zero-order chi connectivity index (χ0) is 74.9. The third-order valence-electron chi connectivity index (χ3n) is 22.4. The predicted molar refractivity (Wildman–Crippen MR) is 451 cm³/mol. The van der Waals surface area contributed by atoms with Crippen molar-refractivity contribution in [1.29, 1.82) is 0 Å². The van der Waals surface area contributed by atoms with Crippen molar-refractivity contribution in [1.82, 2.24) is 9.13 Å². The van der Waals surface area contributed by atoms with Gasteiger partial charge in [0.15, 0.2) is 0 Å². The minimum absolute atomic E-state index is 0. The standard InChI is InChI=1S/C96H126N2O4.2CH3.Hf/c1-87(2,3)57-95(25,26)67-47-75(85(99)81(53-67)97-77-49-63(91(13,14)15)33-39-69(77)70-40-34-64(50-78(70)97)92(16,17)18)73-45-61(89(7,8)9)37-43-83(73)101-55-59-31-29-30-32-60(59)56-102-84-44-38-62(90(10,11)12)46-74(84)76-48-68(96(27,28)58-88(4,5)6)54-82(86(76)100)98-79-51-65(93(19,20)21)35-41-71(79)72-42-36-66(52-80(72)98)94(22,23)24;;;/h33-54,59-60,99-100H,29-32,55-58H2,1-28H3;2*1H3;/q;2*-1;/t59-,60?;;;/m1.../s1. The summed E-state index contributed by atoms with van der Waals surface area (Å²) < 4.78 is 19.6. The molecule has 11 rings (SSSR count). The first-order valence-corrected chi connectivity index (χ1v) is 38.4. The van der Waals surface area contributed by atoms with E-state index in [9.17, 15) is 10.2 Å². The van der Waals surface area contributed by atoms with Crippen LogP contribution in [0.2, 0.25) is 0 Å². The number of aromatic nitrogens is 2. The van der Waals surface area contributed by atoms with Gasteiger partial charge in [-0.05, 0) is 209 Å². The summed E-state index contributed by atoms with van der Waals surface area (Å²) in [5.74, 6) is 2.38. The Hall–Kier alpha value is -6.57. The van der Waals surface area contributed by atoms with E-state index in [0.29, 0.717) is 13.2 Å². The second-order valence-corrected chi connectivity index (χ2v) is 41.0. The molecule has 2 N–H and O–H groups in total. The number of benzene rings is 8. The Labute approximate surface area is 654 Å². The molecular weight excluding hydrogens is 1450 g/mol. The average Bonchev–Trinajstić information content (AvgIpc) is 1.60. The second kappa shape index (κ2) is 29.4. The molecule has 7 heteroatoms. The molecule has 8 aromatic carbocycles. The number of aromatic hydroxyl groups is 2. The molecule has 0 bridgehead atoms. The number of hydrogen-bond acceptors (Lipinski definition) is 4. The van der Waals surface area contributed by atoms with Crippen molar-refractivity contribution in [2.24, 2.45) is 22.7 Å². The van der Waals surface area contributed by atoms with E-state index in [1.54, 1.807) is 0 Å². The third-order valence-corrected chi connectivity index (χ3v) is 22.4. The van der Waals surface area contributed by atoms with Crippen molar-refractivity contribution in [2.75, 3.05) is 13.2 Å². The summed E-state index contributed by atoms with van der Waals surface area (Å²) in [5.41, 5.74) is 17.6. The largest absolute Gasteiger partial charge is 0.505 e. The minimum atomic E-state index is -0.280. The van der Waals surface area contributed by atoms with Gasteiger partial charge in [-0.1, -0.05) is 267 Å². The molecule has 1 aliphatic carbocycles. The van der Waals surface area contributed by atoms with E-state index in [2.05, 4.69) is 336 Å². The Morgan fingerprint density at radius 2 is 0.552 bits per heavy atom. The van der Waals surface area contributed by atoms with Crippen LogP contribution in [0.5, 0.6) is 23.0 Å². The van der Waals surface area contributed by atoms with Crippen LogP contribution in [0.15, 0.2) is 133 Å². The third kappa shape index (κ3) is 17.6. The molecule has 10 aromatic rings. The Morgan fingerprint density at radius 3 is 0.800 bits per heavy atom. The van der Waals surface area contributed by atoms with Gasteiger partial charge in [0, 0.05) is 69.6 Å². The maximum Gasteiger partial charge on any atom is 0.147 e. The first kappa shape index (κ1) is 84.1. The quantitative estimate of drug-likeness (QED) is 0.0841. The molecule has 0 amide bonds. The first-order chi connectivity index (χ1) is 46.9. The summed E-state index contributed by atoms with van der Waals surface area (Å²) in [7, 11) is 0. The van der Waals surface area contributed by atoms with Crippen molar-refractivity contribution >= 4 is 43.6 Å².